The van der Waals surface area contributed by atoms with Gasteiger partial charge in [-0.25, -0.2) is 4.39 Å². The Hall–Kier alpha value is -1.49. The number of aliphatic hydroxyl groups is 1. The molecule has 1 saturated carbocycles. The van der Waals surface area contributed by atoms with Gasteiger partial charge in [-0.05, 0) is 31.1 Å². The summed E-state index contributed by atoms with van der Waals surface area (Å²) in [7, 11) is 1.41. The molecular formula is C16H25FN2O2. The van der Waals surface area contributed by atoms with Crippen molar-refractivity contribution in [3.63, 3.8) is 0 Å². The van der Waals surface area contributed by atoms with Crippen molar-refractivity contribution >= 4 is 11.4 Å². The topological polar surface area (TPSA) is 67.5 Å². The van der Waals surface area contributed by atoms with Crippen LogP contribution in [-0.2, 0) is 0 Å². The number of hydrogen-bond donors (Lipinski definition) is 3. The van der Waals surface area contributed by atoms with E-state index in [4.69, 9.17) is 10.5 Å². The molecule has 0 radical (unpaired) electrons. The molecule has 1 fully saturated rings. The van der Waals surface area contributed by atoms with Gasteiger partial charge in [0, 0.05) is 18.7 Å². The normalized spacial score (nSPS) is 20.0. The van der Waals surface area contributed by atoms with E-state index in [1.54, 1.807) is 0 Å². The molecule has 2 rings (SSSR count). The van der Waals surface area contributed by atoms with Crippen LogP contribution < -0.4 is 15.8 Å². The Morgan fingerprint density at radius 1 is 1.29 bits per heavy atom. The van der Waals surface area contributed by atoms with Gasteiger partial charge in [0.15, 0.2) is 11.6 Å². The SMILES string of the molecule is COc1cc(NCC2(O)CCC(C)(C)CC2)c(N)cc1F. The zero-order chi connectivity index (χ0) is 15.7. The first-order chi connectivity index (χ1) is 9.75. The Balaban J connectivity index is 2.03. The molecule has 0 aliphatic heterocycles. The van der Waals surface area contributed by atoms with Crippen LogP contribution in [0.2, 0.25) is 0 Å². The summed E-state index contributed by atoms with van der Waals surface area (Å²) >= 11 is 0. The van der Waals surface area contributed by atoms with Gasteiger partial charge in [0.1, 0.15) is 0 Å². The highest BCUT2D eigenvalue weighted by Crippen LogP contribution is 2.40. The van der Waals surface area contributed by atoms with E-state index in [-0.39, 0.29) is 5.75 Å². The maximum absolute atomic E-state index is 13.5. The molecule has 1 aromatic rings. The second kappa shape index (κ2) is 5.72. The molecule has 4 nitrogen and oxygen atoms in total. The van der Waals surface area contributed by atoms with Crippen LogP contribution in [0.15, 0.2) is 12.1 Å². The van der Waals surface area contributed by atoms with Crippen molar-refractivity contribution in [2.45, 2.75) is 45.1 Å². The van der Waals surface area contributed by atoms with E-state index in [1.807, 2.05) is 0 Å². The third-order valence-corrected chi connectivity index (χ3v) is 4.47. The van der Waals surface area contributed by atoms with Gasteiger partial charge in [-0.3, -0.25) is 0 Å². The number of anilines is 2. The highest BCUT2D eigenvalue weighted by atomic mass is 19.1. The number of ether oxygens (including phenoxy) is 1. The molecule has 1 aliphatic carbocycles. The third kappa shape index (κ3) is 3.79. The van der Waals surface area contributed by atoms with Crippen LogP contribution in [0.1, 0.15) is 39.5 Å². The number of nitrogens with one attached hydrogen (secondary N) is 1. The van der Waals surface area contributed by atoms with Gasteiger partial charge in [-0.15, -0.1) is 0 Å². The van der Waals surface area contributed by atoms with E-state index >= 15 is 0 Å². The molecule has 1 aromatic carbocycles. The van der Waals surface area contributed by atoms with E-state index in [1.165, 1.54) is 19.2 Å². The van der Waals surface area contributed by atoms with Crippen LogP contribution in [0.25, 0.3) is 0 Å². The van der Waals surface area contributed by atoms with Crippen molar-refractivity contribution < 1.29 is 14.2 Å². The fraction of sp³-hybridized carbons (Fsp3) is 0.625. The van der Waals surface area contributed by atoms with Crippen LogP contribution in [0.3, 0.4) is 0 Å². The summed E-state index contributed by atoms with van der Waals surface area (Å²) in [6.45, 7) is 4.85. The minimum absolute atomic E-state index is 0.142. The summed E-state index contributed by atoms with van der Waals surface area (Å²) in [6.07, 6.45) is 3.50. The average molecular weight is 296 g/mol. The van der Waals surface area contributed by atoms with Crippen molar-refractivity contribution in [1.29, 1.82) is 0 Å². The molecule has 0 bridgehead atoms. The molecule has 1 aliphatic rings. The van der Waals surface area contributed by atoms with Gasteiger partial charge >= 0.3 is 0 Å². The van der Waals surface area contributed by atoms with Crippen LogP contribution in [0, 0.1) is 11.2 Å². The van der Waals surface area contributed by atoms with Gasteiger partial charge in [0.05, 0.1) is 24.1 Å². The molecule has 0 atom stereocenters. The fourth-order valence-corrected chi connectivity index (χ4v) is 2.71. The van der Waals surface area contributed by atoms with E-state index in [0.717, 1.165) is 25.7 Å². The van der Waals surface area contributed by atoms with E-state index < -0.39 is 11.4 Å². The summed E-state index contributed by atoms with van der Waals surface area (Å²) in [5.74, 6) is -0.345. The standard InChI is InChI=1S/C16H25FN2O2/c1-15(2)4-6-16(20,7-5-15)10-19-13-9-14(21-3)11(17)8-12(13)18/h8-9,19-20H,4-7,10,18H2,1-3H3. The maximum Gasteiger partial charge on any atom is 0.167 e. The van der Waals surface area contributed by atoms with E-state index in [9.17, 15) is 9.50 Å². The predicted molar refractivity (Wildman–Crippen MR) is 83.1 cm³/mol. The quantitative estimate of drug-likeness (QED) is 0.747. The Labute approximate surface area is 125 Å². The van der Waals surface area contributed by atoms with Crippen molar-refractivity contribution in [3.05, 3.63) is 17.9 Å². The lowest BCUT2D eigenvalue weighted by Crippen LogP contribution is -2.42. The number of halogens is 1. The molecule has 0 spiro atoms. The van der Waals surface area contributed by atoms with E-state index in [2.05, 4.69) is 19.2 Å². The van der Waals surface area contributed by atoms with Crippen molar-refractivity contribution in [3.8, 4) is 5.75 Å². The van der Waals surface area contributed by atoms with Crippen LogP contribution >= 0.6 is 0 Å². The fourth-order valence-electron chi connectivity index (χ4n) is 2.71. The largest absolute Gasteiger partial charge is 0.494 e. The number of hydrogen-bond acceptors (Lipinski definition) is 4. The van der Waals surface area contributed by atoms with Gasteiger partial charge in [-0.1, -0.05) is 13.8 Å². The Bertz CT molecular complexity index is 507. The van der Waals surface area contributed by atoms with Crippen LogP contribution in [0.5, 0.6) is 5.75 Å². The minimum atomic E-state index is -0.733. The number of methoxy groups -OCH3 is 1. The van der Waals surface area contributed by atoms with Gasteiger partial charge in [-0.2, -0.15) is 0 Å². The molecule has 0 heterocycles. The number of nitrogen functional groups attached to an aromatic ring is 1. The molecule has 0 unspecified atom stereocenters. The summed E-state index contributed by atoms with van der Waals surface area (Å²) in [6, 6.07) is 2.76. The lowest BCUT2D eigenvalue weighted by Gasteiger charge is -2.40. The molecule has 21 heavy (non-hydrogen) atoms. The summed E-state index contributed by atoms with van der Waals surface area (Å²) in [5.41, 5.74) is 6.27. The van der Waals surface area contributed by atoms with Crippen molar-refractivity contribution in [2.24, 2.45) is 5.41 Å². The first-order valence-corrected chi connectivity index (χ1v) is 7.34. The average Bonchev–Trinajstić information content (AvgIpc) is 2.42. The first-order valence-electron chi connectivity index (χ1n) is 7.34. The van der Waals surface area contributed by atoms with Crippen molar-refractivity contribution in [1.82, 2.24) is 0 Å². The van der Waals surface area contributed by atoms with Crippen LogP contribution in [-0.4, -0.2) is 24.4 Å². The highest BCUT2D eigenvalue weighted by molar-refractivity contribution is 5.68. The molecule has 118 valence electrons. The summed E-state index contributed by atoms with van der Waals surface area (Å²) in [5, 5.41) is 13.8. The Morgan fingerprint density at radius 3 is 2.48 bits per heavy atom. The highest BCUT2D eigenvalue weighted by Gasteiger charge is 2.36. The Kier molecular flexibility index (Phi) is 4.33. The first kappa shape index (κ1) is 15.9. The van der Waals surface area contributed by atoms with E-state index in [0.29, 0.717) is 23.3 Å². The van der Waals surface area contributed by atoms with Gasteiger partial charge in [0.25, 0.3) is 0 Å². The second-order valence-corrected chi connectivity index (χ2v) is 6.82. The molecular weight excluding hydrogens is 271 g/mol. The molecule has 0 amide bonds. The zero-order valence-electron chi connectivity index (χ0n) is 13.0. The summed E-state index contributed by atoms with van der Waals surface area (Å²) in [4.78, 5) is 0. The monoisotopic (exact) mass is 296 g/mol. The molecule has 0 saturated heterocycles. The second-order valence-electron chi connectivity index (χ2n) is 6.82. The zero-order valence-corrected chi connectivity index (χ0v) is 13.0. The molecule has 5 heteroatoms. The maximum atomic E-state index is 13.5. The number of rotatable bonds is 4. The number of nitrogens with two attached hydrogens (primary N) is 1. The van der Waals surface area contributed by atoms with Crippen molar-refractivity contribution in [2.75, 3.05) is 24.7 Å². The van der Waals surface area contributed by atoms with Crippen LogP contribution in [0.4, 0.5) is 15.8 Å². The molecule has 4 N–H and O–H groups in total. The Morgan fingerprint density at radius 2 is 1.90 bits per heavy atom. The smallest absolute Gasteiger partial charge is 0.167 e. The lowest BCUT2D eigenvalue weighted by molar-refractivity contribution is -0.0145. The predicted octanol–water partition coefficient (Wildman–Crippen LogP) is 3.16. The molecule has 0 aromatic heterocycles. The van der Waals surface area contributed by atoms with Gasteiger partial charge in [0.2, 0.25) is 0 Å². The summed E-state index contributed by atoms with van der Waals surface area (Å²) < 4.78 is 18.5. The third-order valence-electron chi connectivity index (χ3n) is 4.47. The number of benzene rings is 1. The van der Waals surface area contributed by atoms with Gasteiger partial charge < -0.3 is 20.9 Å². The minimum Gasteiger partial charge on any atom is -0.494 e. The lowest BCUT2D eigenvalue weighted by atomic mass is 9.71.